The van der Waals surface area contributed by atoms with E-state index in [0.717, 1.165) is 0 Å². The zero-order chi connectivity index (χ0) is 13.3. The van der Waals surface area contributed by atoms with E-state index in [-0.39, 0.29) is 30.3 Å². The van der Waals surface area contributed by atoms with Crippen molar-refractivity contribution in [2.24, 2.45) is 11.7 Å². The summed E-state index contributed by atoms with van der Waals surface area (Å²) >= 11 is 0. The predicted molar refractivity (Wildman–Crippen MR) is 62.6 cm³/mol. The van der Waals surface area contributed by atoms with Crippen molar-refractivity contribution in [1.82, 2.24) is 0 Å². The smallest absolute Gasteiger partial charge is 0.228 e. The normalized spacial score (nSPS) is 19.1. The molecule has 1 fully saturated rings. The first-order chi connectivity index (χ1) is 8.54. The van der Waals surface area contributed by atoms with Crippen LogP contribution in [0, 0.1) is 11.7 Å². The van der Waals surface area contributed by atoms with Crippen molar-refractivity contribution < 1.29 is 18.7 Å². The average Bonchev–Trinajstić information content (AvgIpc) is 2.71. The highest BCUT2D eigenvalue weighted by atomic mass is 19.1. The van der Waals surface area contributed by atoms with E-state index in [2.05, 4.69) is 0 Å². The van der Waals surface area contributed by atoms with Crippen molar-refractivity contribution in [1.29, 1.82) is 0 Å². The molecule has 6 heteroatoms. The molecule has 5 nitrogen and oxygen atoms in total. The first kappa shape index (κ1) is 12.3. The lowest BCUT2D eigenvalue weighted by molar-refractivity contribution is -0.123. The molecule has 2 N–H and O–H groups in total. The van der Waals surface area contributed by atoms with E-state index in [1.165, 1.54) is 24.1 Å². The molecule has 1 aliphatic heterocycles. The Morgan fingerprint density at radius 2 is 2.28 bits per heavy atom. The quantitative estimate of drug-likeness (QED) is 0.859. The van der Waals surface area contributed by atoms with Gasteiger partial charge in [-0.3, -0.25) is 9.59 Å². The second kappa shape index (κ2) is 4.64. The maximum Gasteiger partial charge on any atom is 0.228 e. The number of carbonyl (C=O) groups is 2. The largest absolute Gasteiger partial charge is 0.494 e. The van der Waals surface area contributed by atoms with Crippen LogP contribution in [0.15, 0.2) is 18.2 Å². The Hall–Kier alpha value is -2.11. The summed E-state index contributed by atoms with van der Waals surface area (Å²) in [6, 6.07) is 4.29. The number of nitrogens with zero attached hydrogens (tertiary/aromatic N) is 1. The lowest BCUT2D eigenvalue weighted by atomic mass is 10.1. The number of benzene rings is 1. The van der Waals surface area contributed by atoms with Crippen LogP contribution >= 0.6 is 0 Å². The third-order valence-corrected chi connectivity index (χ3v) is 2.97. The van der Waals surface area contributed by atoms with Crippen LogP contribution in [0.3, 0.4) is 0 Å². The Balaban J connectivity index is 2.38. The van der Waals surface area contributed by atoms with Gasteiger partial charge in [-0.1, -0.05) is 6.07 Å². The topological polar surface area (TPSA) is 72.6 Å². The summed E-state index contributed by atoms with van der Waals surface area (Å²) in [4.78, 5) is 24.1. The molecular formula is C12H13FN2O3. The lowest BCUT2D eigenvalue weighted by Gasteiger charge is -2.19. The summed E-state index contributed by atoms with van der Waals surface area (Å²) in [5, 5.41) is 0. The average molecular weight is 252 g/mol. The molecule has 0 saturated carbocycles. The Kier molecular flexibility index (Phi) is 3.18. The van der Waals surface area contributed by atoms with Crippen LogP contribution in [0.1, 0.15) is 6.42 Å². The zero-order valence-corrected chi connectivity index (χ0v) is 9.85. The van der Waals surface area contributed by atoms with Crippen LogP contribution in [0.4, 0.5) is 10.1 Å². The molecule has 1 aromatic rings. The van der Waals surface area contributed by atoms with Crippen molar-refractivity contribution in [3.05, 3.63) is 24.0 Å². The van der Waals surface area contributed by atoms with E-state index in [4.69, 9.17) is 10.5 Å². The second-order valence-corrected chi connectivity index (χ2v) is 4.10. The van der Waals surface area contributed by atoms with Gasteiger partial charge in [0.25, 0.3) is 0 Å². The number of nitrogens with two attached hydrogens (primary N) is 1. The van der Waals surface area contributed by atoms with Gasteiger partial charge >= 0.3 is 0 Å². The summed E-state index contributed by atoms with van der Waals surface area (Å²) in [5.74, 6) is -1.77. The molecule has 0 spiro atoms. The van der Waals surface area contributed by atoms with Crippen molar-refractivity contribution >= 4 is 17.5 Å². The lowest BCUT2D eigenvalue weighted by Crippen LogP contribution is -2.29. The molecule has 0 bridgehead atoms. The summed E-state index contributed by atoms with van der Waals surface area (Å²) in [5.41, 5.74) is 5.23. The van der Waals surface area contributed by atoms with Crippen molar-refractivity contribution in [2.75, 3.05) is 18.6 Å². The summed E-state index contributed by atoms with van der Waals surface area (Å²) < 4.78 is 18.8. The highest BCUT2D eigenvalue weighted by molar-refractivity contribution is 6.01. The van der Waals surface area contributed by atoms with Crippen molar-refractivity contribution in [3.63, 3.8) is 0 Å². The van der Waals surface area contributed by atoms with E-state index in [0.29, 0.717) is 0 Å². The number of anilines is 1. The predicted octanol–water partition coefficient (Wildman–Crippen LogP) is 0.672. The maximum atomic E-state index is 13.8. The molecule has 2 amide bonds. The second-order valence-electron chi connectivity index (χ2n) is 4.10. The van der Waals surface area contributed by atoms with Crippen LogP contribution in [0.25, 0.3) is 0 Å². The standard InChI is InChI=1S/C12H13FN2O3/c1-18-9-4-2-3-8(13)11(9)15-6-7(12(14)17)5-10(15)16/h2-4,7H,5-6H2,1H3,(H2,14,17). The number of ether oxygens (including phenoxy) is 1. The van der Waals surface area contributed by atoms with Crippen LogP contribution in [0.5, 0.6) is 5.75 Å². The van der Waals surface area contributed by atoms with Gasteiger partial charge in [-0.25, -0.2) is 4.39 Å². The molecular weight excluding hydrogens is 239 g/mol. The van der Waals surface area contributed by atoms with Gasteiger partial charge in [-0.15, -0.1) is 0 Å². The third-order valence-electron chi connectivity index (χ3n) is 2.97. The van der Waals surface area contributed by atoms with E-state index in [1.54, 1.807) is 6.07 Å². The minimum Gasteiger partial charge on any atom is -0.494 e. The first-order valence-electron chi connectivity index (χ1n) is 5.46. The maximum absolute atomic E-state index is 13.8. The number of rotatable bonds is 3. The molecule has 1 aromatic carbocycles. The Bertz CT molecular complexity index is 504. The van der Waals surface area contributed by atoms with Crippen LogP contribution in [-0.4, -0.2) is 25.5 Å². The molecule has 1 saturated heterocycles. The van der Waals surface area contributed by atoms with Gasteiger partial charge in [0.15, 0.2) is 5.82 Å². The Morgan fingerprint density at radius 3 is 2.83 bits per heavy atom. The van der Waals surface area contributed by atoms with Crippen molar-refractivity contribution in [3.8, 4) is 5.75 Å². The fraction of sp³-hybridized carbons (Fsp3) is 0.333. The third kappa shape index (κ3) is 2.01. The molecule has 0 radical (unpaired) electrons. The molecule has 1 atom stereocenters. The van der Waals surface area contributed by atoms with Crippen LogP contribution in [-0.2, 0) is 9.59 Å². The summed E-state index contributed by atoms with van der Waals surface area (Å²) in [6.45, 7) is 0.0888. The summed E-state index contributed by atoms with van der Waals surface area (Å²) in [7, 11) is 1.39. The van der Waals surface area contributed by atoms with E-state index in [9.17, 15) is 14.0 Å². The number of halogens is 1. The molecule has 0 aliphatic carbocycles. The van der Waals surface area contributed by atoms with Gasteiger partial charge in [0.05, 0.1) is 13.0 Å². The van der Waals surface area contributed by atoms with Gasteiger partial charge in [-0.05, 0) is 12.1 Å². The molecule has 1 unspecified atom stereocenters. The monoisotopic (exact) mass is 252 g/mol. The van der Waals surface area contributed by atoms with Gasteiger partial charge in [0.1, 0.15) is 11.4 Å². The van der Waals surface area contributed by atoms with Crippen LogP contribution in [0.2, 0.25) is 0 Å². The van der Waals surface area contributed by atoms with E-state index >= 15 is 0 Å². The highest BCUT2D eigenvalue weighted by Crippen LogP contribution is 2.35. The van der Waals surface area contributed by atoms with Gasteiger partial charge in [0.2, 0.25) is 11.8 Å². The fourth-order valence-electron chi connectivity index (χ4n) is 2.04. The molecule has 18 heavy (non-hydrogen) atoms. The molecule has 1 heterocycles. The Morgan fingerprint density at radius 1 is 1.56 bits per heavy atom. The van der Waals surface area contributed by atoms with Crippen LogP contribution < -0.4 is 15.4 Å². The first-order valence-corrected chi connectivity index (χ1v) is 5.46. The van der Waals surface area contributed by atoms with E-state index < -0.39 is 17.6 Å². The SMILES string of the molecule is COc1cccc(F)c1N1CC(C(N)=O)CC1=O. The van der Waals surface area contributed by atoms with Crippen molar-refractivity contribution in [2.45, 2.75) is 6.42 Å². The minimum absolute atomic E-state index is 0.00677. The van der Waals surface area contributed by atoms with E-state index in [1.807, 2.05) is 0 Å². The van der Waals surface area contributed by atoms with Gasteiger partial charge in [0, 0.05) is 13.0 Å². The highest BCUT2D eigenvalue weighted by Gasteiger charge is 2.36. The summed E-state index contributed by atoms with van der Waals surface area (Å²) in [6.07, 6.45) is 0.00677. The zero-order valence-electron chi connectivity index (χ0n) is 9.85. The van der Waals surface area contributed by atoms with Gasteiger partial charge < -0.3 is 15.4 Å². The number of amides is 2. The number of para-hydroxylation sites is 1. The molecule has 96 valence electrons. The minimum atomic E-state index is -0.582. The molecule has 2 rings (SSSR count). The fourth-order valence-corrected chi connectivity index (χ4v) is 2.04. The number of methoxy groups -OCH3 is 1. The Labute approximate surface area is 103 Å². The number of hydrogen-bond donors (Lipinski definition) is 1. The molecule has 0 aromatic heterocycles. The molecule has 1 aliphatic rings. The number of carbonyl (C=O) groups excluding carboxylic acids is 2. The van der Waals surface area contributed by atoms with Gasteiger partial charge in [-0.2, -0.15) is 0 Å². The number of primary amides is 1. The number of hydrogen-bond acceptors (Lipinski definition) is 3.